The van der Waals surface area contributed by atoms with E-state index in [4.69, 9.17) is 9.15 Å². The van der Waals surface area contributed by atoms with E-state index in [0.717, 1.165) is 37.1 Å². The fourth-order valence-corrected chi connectivity index (χ4v) is 3.49. The number of nitrogens with zero attached hydrogens (tertiary/aromatic N) is 1. The van der Waals surface area contributed by atoms with Crippen LogP contribution >= 0.6 is 0 Å². The Morgan fingerprint density at radius 1 is 1.32 bits per heavy atom. The maximum Gasteiger partial charge on any atom is 0.287 e. The Bertz CT molecular complexity index is 663. The number of benzene rings is 1. The van der Waals surface area contributed by atoms with Crippen LogP contribution in [0.15, 0.2) is 34.7 Å². The predicted molar refractivity (Wildman–Crippen MR) is 82.9 cm³/mol. The van der Waals surface area contributed by atoms with E-state index in [1.165, 1.54) is 0 Å². The molecule has 22 heavy (non-hydrogen) atoms. The summed E-state index contributed by atoms with van der Waals surface area (Å²) in [6.07, 6.45) is 1.22. The second-order valence-electron chi connectivity index (χ2n) is 6.31. The molecule has 0 unspecified atom stereocenters. The lowest BCUT2D eigenvalue weighted by molar-refractivity contribution is -0.0390. The Hall–Kier alpha value is -1.85. The third kappa shape index (κ3) is 2.51. The summed E-state index contributed by atoms with van der Waals surface area (Å²) in [5.74, 6) is 0.255. The van der Waals surface area contributed by atoms with E-state index in [2.05, 4.69) is 17.1 Å². The van der Waals surface area contributed by atoms with Crippen LogP contribution in [0.25, 0.3) is 11.0 Å². The number of furan rings is 1. The lowest BCUT2D eigenvalue weighted by Gasteiger charge is -2.33. The van der Waals surface area contributed by atoms with Gasteiger partial charge in [-0.1, -0.05) is 18.2 Å². The maximum absolute atomic E-state index is 12.4. The summed E-state index contributed by atoms with van der Waals surface area (Å²) in [7, 11) is 0. The molecule has 2 saturated heterocycles. The van der Waals surface area contributed by atoms with Crippen LogP contribution in [0.5, 0.6) is 0 Å². The first-order valence-electron chi connectivity index (χ1n) is 7.84. The summed E-state index contributed by atoms with van der Waals surface area (Å²) in [6, 6.07) is 10.1. The van der Waals surface area contributed by atoms with Gasteiger partial charge in [0.15, 0.2) is 5.76 Å². The minimum Gasteiger partial charge on any atom is -0.451 e. The first-order chi connectivity index (χ1) is 10.7. The molecule has 2 fully saturated rings. The SMILES string of the molecule is C[C@@H]1CN2C[C@@H](NC(=O)c3cc4ccccc4o3)C[C@H]2CO1. The van der Waals surface area contributed by atoms with Crippen molar-refractivity contribution in [3.8, 4) is 0 Å². The molecule has 0 saturated carbocycles. The molecule has 0 radical (unpaired) electrons. The molecule has 2 aliphatic rings. The quantitative estimate of drug-likeness (QED) is 0.922. The van der Waals surface area contributed by atoms with Gasteiger partial charge < -0.3 is 14.5 Å². The van der Waals surface area contributed by atoms with Gasteiger partial charge in [0.1, 0.15) is 5.58 Å². The molecule has 3 heterocycles. The molecule has 116 valence electrons. The van der Waals surface area contributed by atoms with E-state index < -0.39 is 0 Å². The van der Waals surface area contributed by atoms with E-state index in [9.17, 15) is 4.79 Å². The van der Waals surface area contributed by atoms with Crippen molar-refractivity contribution in [2.75, 3.05) is 19.7 Å². The number of hydrogen-bond donors (Lipinski definition) is 1. The van der Waals surface area contributed by atoms with Crippen molar-refractivity contribution in [1.82, 2.24) is 10.2 Å². The highest BCUT2D eigenvalue weighted by atomic mass is 16.5. The van der Waals surface area contributed by atoms with E-state index >= 15 is 0 Å². The Morgan fingerprint density at radius 3 is 3.05 bits per heavy atom. The first-order valence-corrected chi connectivity index (χ1v) is 7.84. The Balaban J connectivity index is 1.44. The molecule has 0 aliphatic carbocycles. The van der Waals surface area contributed by atoms with Gasteiger partial charge in [0.05, 0.1) is 12.7 Å². The van der Waals surface area contributed by atoms with Gasteiger partial charge in [0.25, 0.3) is 5.91 Å². The zero-order valence-corrected chi connectivity index (χ0v) is 12.6. The average molecular weight is 300 g/mol. The topological polar surface area (TPSA) is 54.7 Å². The summed E-state index contributed by atoms with van der Waals surface area (Å²) in [5.41, 5.74) is 0.749. The summed E-state index contributed by atoms with van der Waals surface area (Å²) in [6.45, 7) is 4.70. The summed E-state index contributed by atoms with van der Waals surface area (Å²) in [4.78, 5) is 14.8. The zero-order valence-electron chi connectivity index (χ0n) is 12.6. The normalized spacial score (nSPS) is 28.7. The number of nitrogens with one attached hydrogen (secondary N) is 1. The van der Waals surface area contributed by atoms with Crippen LogP contribution in [0.2, 0.25) is 0 Å². The van der Waals surface area contributed by atoms with Crippen molar-refractivity contribution in [3.63, 3.8) is 0 Å². The second-order valence-corrected chi connectivity index (χ2v) is 6.31. The van der Waals surface area contributed by atoms with Crippen molar-refractivity contribution in [1.29, 1.82) is 0 Å². The zero-order chi connectivity index (χ0) is 15.1. The molecule has 5 nitrogen and oxygen atoms in total. The molecule has 3 atom stereocenters. The minimum absolute atomic E-state index is 0.130. The Morgan fingerprint density at radius 2 is 2.18 bits per heavy atom. The number of carbonyl (C=O) groups excluding carboxylic acids is 1. The molecule has 0 bridgehead atoms. The van der Waals surface area contributed by atoms with Crippen molar-refractivity contribution in [2.45, 2.75) is 31.5 Å². The number of para-hydroxylation sites is 1. The summed E-state index contributed by atoms with van der Waals surface area (Å²) >= 11 is 0. The highest BCUT2D eigenvalue weighted by Gasteiger charge is 2.37. The van der Waals surface area contributed by atoms with Gasteiger partial charge in [-0.3, -0.25) is 9.69 Å². The van der Waals surface area contributed by atoms with Crippen LogP contribution < -0.4 is 5.32 Å². The number of rotatable bonds is 2. The fraction of sp³-hybridized carbons (Fsp3) is 0.471. The lowest BCUT2D eigenvalue weighted by Crippen LogP contribution is -2.45. The van der Waals surface area contributed by atoms with E-state index in [0.29, 0.717) is 11.8 Å². The van der Waals surface area contributed by atoms with E-state index in [1.807, 2.05) is 24.3 Å². The van der Waals surface area contributed by atoms with Crippen molar-refractivity contribution < 1.29 is 13.9 Å². The molecule has 2 aromatic rings. The van der Waals surface area contributed by atoms with E-state index in [1.54, 1.807) is 6.07 Å². The molecular formula is C17H20N2O3. The number of fused-ring (bicyclic) bond motifs is 2. The fourth-order valence-electron chi connectivity index (χ4n) is 3.49. The van der Waals surface area contributed by atoms with Gasteiger partial charge >= 0.3 is 0 Å². The Kier molecular flexibility index (Phi) is 3.39. The molecule has 5 heteroatoms. The molecule has 1 N–H and O–H groups in total. The predicted octanol–water partition coefficient (Wildman–Crippen LogP) is 2.02. The molecule has 1 amide bonds. The minimum atomic E-state index is -0.130. The summed E-state index contributed by atoms with van der Waals surface area (Å²) < 4.78 is 11.3. The van der Waals surface area contributed by atoms with Crippen LogP contribution in [-0.4, -0.2) is 48.7 Å². The van der Waals surface area contributed by atoms with Crippen LogP contribution in [0.3, 0.4) is 0 Å². The number of amides is 1. The third-order valence-electron chi connectivity index (χ3n) is 4.58. The van der Waals surface area contributed by atoms with E-state index in [-0.39, 0.29) is 18.1 Å². The molecule has 2 aliphatic heterocycles. The number of ether oxygens (including phenoxy) is 1. The third-order valence-corrected chi connectivity index (χ3v) is 4.58. The monoisotopic (exact) mass is 300 g/mol. The highest BCUT2D eigenvalue weighted by molar-refractivity contribution is 5.96. The number of hydrogen-bond acceptors (Lipinski definition) is 4. The van der Waals surface area contributed by atoms with Gasteiger partial charge in [-0.15, -0.1) is 0 Å². The smallest absolute Gasteiger partial charge is 0.287 e. The van der Waals surface area contributed by atoms with Gasteiger partial charge in [-0.05, 0) is 25.5 Å². The van der Waals surface area contributed by atoms with Crippen LogP contribution in [0.1, 0.15) is 23.9 Å². The maximum atomic E-state index is 12.4. The second kappa shape index (κ2) is 5.41. The highest BCUT2D eigenvalue weighted by Crippen LogP contribution is 2.24. The van der Waals surface area contributed by atoms with Crippen molar-refractivity contribution in [3.05, 3.63) is 36.1 Å². The molecule has 1 aromatic heterocycles. The van der Waals surface area contributed by atoms with Crippen LogP contribution in [0.4, 0.5) is 0 Å². The largest absolute Gasteiger partial charge is 0.451 e. The van der Waals surface area contributed by atoms with Gasteiger partial charge in [0, 0.05) is 30.6 Å². The number of carbonyl (C=O) groups is 1. The van der Waals surface area contributed by atoms with Crippen LogP contribution in [0, 0.1) is 0 Å². The lowest BCUT2D eigenvalue weighted by atomic mass is 10.1. The van der Waals surface area contributed by atoms with Gasteiger partial charge in [-0.2, -0.15) is 0 Å². The van der Waals surface area contributed by atoms with Crippen LogP contribution in [-0.2, 0) is 4.74 Å². The van der Waals surface area contributed by atoms with Gasteiger partial charge in [-0.25, -0.2) is 0 Å². The molecular weight excluding hydrogens is 280 g/mol. The standard InChI is InChI=1S/C17H20N2O3/c1-11-8-19-9-13(7-14(19)10-21-11)18-17(20)16-6-12-4-2-3-5-15(12)22-16/h2-6,11,13-14H,7-10H2,1H3,(H,18,20)/t11-,13+,14+/m1/s1. The Labute approximate surface area is 129 Å². The molecule has 1 aromatic carbocycles. The van der Waals surface area contributed by atoms with Crippen molar-refractivity contribution >= 4 is 16.9 Å². The molecule has 4 rings (SSSR count). The average Bonchev–Trinajstić information content (AvgIpc) is 3.09. The van der Waals surface area contributed by atoms with Gasteiger partial charge in [0.2, 0.25) is 0 Å². The summed E-state index contributed by atoms with van der Waals surface area (Å²) in [5, 5.41) is 4.05. The first kappa shape index (κ1) is 13.8. The number of morpholine rings is 1. The van der Waals surface area contributed by atoms with Crippen molar-refractivity contribution in [2.24, 2.45) is 0 Å². The molecule has 0 spiro atoms.